The van der Waals surface area contributed by atoms with Gasteiger partial charge < -0.3 is 5.11 Å². The monoisotopic (exact) mass is 281 g/mol. The van der Waals surface area contributed by atoms with E-state index in [-0.39, 0.29) is 11.5 Å². The maximum atomic E-state index is 11.3. The Kier molecular flexibility index (Phi) is 5.77. The first-order valence-corrected chi connectivity index (χ1v) is 5.53. The summed E-state index contributed by atoms with van der Waals surface area (Å²) >= 11 is 1.06. The normalized spacial score (nSPS) is 15.1. The average Bonchev–Trinajstić information content (AvgIpc) is 2.42. The first-order chi connectivity index (χ1) is 8.77. The standard InChI is InChI=1S/C12H10N2O2.O.V/c15-11-7-3-1-5-9(11)13-14-10-6-2-4-8-12(10)16;;/h1-8,13,15H;;/b14-10-;;. The van der Waals surface area contributed by atoms with Crippen molar-refractivity contribution in [3.63, 3.8) is 0 Å². The van der Waals surface area contributed by atoms with Crippen LogP contribution < -0.4 is 5.43 Å². The number of allylic oxidation sites excluding steroid dienone is 4. The zero-order valence-corrected chi connectivity index (χ0v) is 10.7. The SMILES string of the molecule is O=C1C=CC=C/C1=N/Nc1ccccc1O.[O]=[V]. The predicted molar refractivity (Wildman–Crippen MR) is 63.1 cm³/mol. The molecule has 1 aliphatic carbocycles. The van der Waals surface area contributed by atoms with Crippen LogP contribution in [0.15, 0.2) is 53.7 Å². The number of anilines is 1. The molecule has 0 aromatic heterocycles. The van der Waals surface area contributed by atoms with E-state index < -0.39 is 0 Å². The molecule has 0 unspecified atom stereocenters. The fraction of sp³-hybridized carbons (Fsp3) is 0. The number of phenols is 1. The molecule has 1 aromatic carbocycles. The van der Waals surface area contributed by atoms with Gasteiger partial charge in [-0.05, 0) is 24.3 Å². The van der Waals surface area contributed by atoms with Gasteiger partial charge in [0.25, 0.3) is 0 Å². The number of nitrogens with zero attached hydrogens (tertiary/aromatic N) is 1. The molecule has 0 spiro atoms. The third-order valence-electron chi connectivity index (χ3n) is 2.07. The third-order valence-corrected chi connectivity index (χ3v) is 2.07. The Morgan fingerprint density at radius 3 is 2.44 bits per heavy atom. The number of aromatic hydroxyl groups is 1. The molecule has 0 fully saturated rings. The van der Waals surface area contributed by atoms with Gasteiger partial charge in [-0.2, -0.15) is 5.10 Å². The molecule has 0 saturated carbocycles. The van der Waals surface area contributed by atoms with E-state index in [2.05, 4.69) is 10.5 Å². The molecule has 0 radical (unpaired) electrons. The van der Waals surface area contributed by atoms with Crippen molar-refractivity contribution in [1.29, 1.82) is 0 Å². The van der Waals surface area contributed by atoms with Crippen LogP contribution in [0.1, 0.15) is 0 Å². The number of phenolic OH excluding ortho intramolecular Hbond substituents is 1. The first-order valence-electron chi connectivity index (χ1n) is 4.96. The molecular formula is C12H10N2O3V. The average molecular weight is 281 g/mol. The quantitative estimate of drug-likeness (QED) is 0.491. The summed E-state index contributed by atoms with van der Waals surface area (Å²) in [5, 5.41) is 13.4. The third kappa shape index (κ3) is 3.80. The zero-order valence-electron chi connectivity index (χ0n) is 9.28. The predicted octanol–water partition coefficient (Wildman–Crippen LogP) is 1.73. The Morgan fingerprint density at radius 1 is 1.11 bits per heavy atom. The van der Waals surface area contributed by atoms with E-state index in [0.29, 0.717) is 11.4 Å². The Hall–Kier alpha value is -1.98. The Balaban J connectivity index is 0.000000771. The molecule has 0 heterocycles. The van der Waals surface area contributed by atoms with Crippen LogP contribution in [0, 0.1) is 0 Å². The number of para-hydroxylation sites is 2. The molecule has 1 aromatic rings. The number of rotatable bonds is 2. The molecule has 18 heavy (non-hydrogen) atoms. The van der Waals surface area contributed by atoms with Crippen molar-refractivity contribution in [3.05, 3.63) is 48.6 Å². The molecule has 0 amide bonds. The van der Waals surface area contributed by atoms with Crippen molar-refractivity contribution in [1.82, 2.24) is 0 Å². The van der Waals surface area contributed by atoms with Crippen molar-refractivity contribution >= 4 is 17.2 Å². The van der Waals surface area contributed by atoms with E-state index in [9.17, 15) is 9.90 Å². The number of hydrazone groups is 1. The van der Waals surface area contributed by atoms with Gasteiger partial charge >= 0.3 is 21.0 Å². The van der Waals surface area contributed by atoms with E-state index in [1.165, 1.54) is 6.08 Å². The van der Waals surface area contributed by atoms with Crippen LogP contribution in [-0.4, -0.2) is 16.6 Å². The van der Waals surface area contributed by atoms with Gasteiger partial charge in [0, 0.05) is 0 Å². The van der Waals surface area contributed by atoms with Gasteiger partial charge in [-0.25, -0.2) is 0 Å². The molecule has 0 bridgehead atoms. The van der Waals surface area contributed by atoms with Crippen LogP contribution in [0.25, 0.3) is 0 Å². The summed E-state index contributed by atoms with van der Waals surface area (Å²) in [6.45, 7) is 0. The van der Waals surface area contributed by atoms with E-state index in [0.717, 1.165) is 17.4 Å². The molecule has 2 rings (SSSR count). The summed E-state index contributed by atoms with van der Waals surface area (Å²) in [4.78, 5) is 11.3. The summed E-state index contributed by atoms with van der Waals surface area (Å²) < 4.78 is 8.19. The second-order valence-corrected chi connectivity index (χ2v) is 3.21. The van der Waals surface area contributed by atoms with Crippen molar-refractivity contribution < 1.29 is 30.9 Å². The fourth-order valence-electron chi connectivity index (χ4n) is 1.24. The maximum absolute atomic E-state index is 11.3. The van der Waals surface area contributed by atoms with E-state index >= 15 is 0 Å². The summed E-state index contributed by atoms with van der Waals surface area (Å²) in [6, 6.07) is 6.69. The van der Waals surface area contributed by atoms with Gasteiger partial charge in [0.05, 0.1) is 5.69 Å². The van der Waals surface area contributed by atoms with E-state index in [1.807, 2.05) is 0 Å². The van der Waals surface area contributed by atoms with Crippen LogP contribution >= 0.6 is 0 Å². The fourth-order valence-corrected chi connectivity index (χ4v) is 1.24. The number of nitrogens with one attached hydrogen (secondary N) is 1. The molecular weight excluding hydrogens is 271 g/mol. The van der Waals surface area contributed by atoms with Crippen molar-refractivity contribution in [2.75, 3.05) is 5.43 Å². The molecule has 5 nitrogen and oxygen atoms in total. The molecule has 2 N–H and O–H groups in total. The van der Waals surface area contributed by atoms with Crippen molar-refractivity contribution in [3.8, 4) is 5.75 Å². The van der Waals surface area contributed by atoms with E-state index in [1.54, 1.807) is 42.5 Å². The topological polar surface area (TPSA) is 78.8 Å². The van der Waals surface area contributed by atoms with Crippen LogP contribution in [0.4, 0.5) is 5.69 Å². The minimum atomic E-state index is -0.162. The first kappa shape index (κ1) is 14.1. The minimum absolute atomic E-state index is 0.0923. The number of carbonyl (C=O) groups is 1. The molecule has 91 valence electrons. The molecule has 0 aliphatic heterocycles. The Labute approximate surface area is 113 Å². The summed E-state index contributed by atoms with van der Waals surface area (Å²) in [5.41, 5.74) is 3.42. The Bertz CT molecular complexity index is 524. The van der Waals surface area contributed by atoms with Gasteiger partial charge in [0.1, 0.15) is 11.5 Å². The number of carbonyl (C=O) groups excluding carboxylic acids is 1. The van der Waals surface area contributed by atoms with Gasteiger partial charge in [0.15, 0.2) is 0 Å². The molecule has 6 heteroatoms. The Morgan fingerprint density at radius 2 is 1.78 bits per heavy atom. The number of ketones is 1. The second kappa shape index (κ2) is 7.37. The molecule has 1 aliphatic rings. The van der Waals surface area contributed by atoms with Crippen LogP contribution in [0.5, 0.6) is 5.75 Å². The summed E-state index contributed by atoms with van der Waals surface area (Å²) in [5.74, 6) is -0.0694. The van der Waals surface area contributed by atoms with Gasteiger partial charge in [0.2, 0.25) is 5.78 Å². The van der Waals surface area contributed by atoms with E-state index in [4.69, 9.17) is 3.67 Å². The van der Waals surface area contributed by atoms with Crippen molar-refractivity contribution in [2.24, 2.45) is 5.10 Å². The van der Waals surface area contributed by atoms with Crippen LogP contribution in [-0.2, 0) is 25.8 Å². The van der Waals surface area contributed by atoms with Gasteiger partial charge in [-0.1, -0.05) is 24.3 Å². The van der Waals surface area contributed by atoms with Crippen LogP contribution in [0.2, 0.25) is 0 Å². The van der Waals surface area contributed by atoms with Crippen molar-refractivity contribution in [2.45, 2.75) is 0 Å². The number of hydrogen-bond donors (Lipinski definition) is 2. The molecule has 0 saturated heterocycles. The van der Waals surface area contributed by atoms with Gasteiger partial charge in [-0.3, -0.25) is 10.2 Å². The summed E-state index contributed by atoms with van der Waals surface area (Å²) in [6.07, 6.45) is 6.43. The number of benzene rings is 1. The second-order valence-electron chi connectivity index (χ2n) is 3.21. The zero-order chi connectivity index (χ0) is 13.4. The number of hydrogen-bond acceptors (Lipinski definition) is 5. The summed E-state index contributed by atoms with van der Waals surface area (Å²) in [7, 11) is 0. The van der Waals surface area contributed by atoms with Gasteiger partial charge in [-0.15, -0.1) is 0 Å². The van der Waals surface area contributed by atoms with Crippen LogP contribution in [0.3, 0.4) is 0 Å². The molecule has 0 atom stereocenters.